The van der Waals surface area contributed by atoms with Gasteiger partial charge < -0.3 is 9.72 Å². The van der Waals surface area contributed by atoms with Crippen LogP contribution in [0.1, 0.15) is 15.9 Å². The molecule has 3 aromatic rings. The molecular weight excluding hydrogens is 365 g/mol. The van der Waals surface area contributed by atoms with E-state index in [0.29, 0.717) is 5.56 Å². The summed E-state index contributed by atoms with van der Waals surface area (Å²) in [6.45, 7) is 0.286. The molecule has 2 aromatic carbocycles. The minimum atomic E-state index is -0.308. The van der Waals surface area contributed by atoms with E-state index in [2.05, 4.69) is 27.6 Å². The molecule has 0 aliphatic rings. The highest BCUT2D eigenvalue weighted by Gasteiger charge is 2.13. The first-order valence-electron chi connectivity index (χ1n) is 6.22. The van der Waals surface area contributed by atoms with Gasteiger partial charge in [-0.2, -0.15) is 0 Å². The lowest BCUT2D eigenvalue weighted by Crippen LogP contribution is -2.05. The summed E-state index contributed by atoms with van der Waals surface area (Å²) < 4.78 is 6.46. The van der Waals surface area contributed by atoms with Crippen molar-refractivity contribution in [3.05, 3.63) is 69.4 Å². The Morgan fingerprint density at radius 2 is 1.90 bits per heavy atom. The molecular formula is C16H12INO2. The van der Waals surface area contributed by atoms with Gasteiger partial charge in [-0.15, -0.1) is 0 Å². The second-order valence-electron chi connectivity index (χ2n) is 4.43. The maximum Gasteiger partial charge on any atom is 0.340 e. The highest BCUT2D eigenvalue weighted by Crippen LogP contribution is 2.23. The fourth-order valence-corrected chi connectivity index (χ4v) is 2.70. The summed E-state index contributed by atoms with van der Waals surface area (Å²) in [5.41, 5.74) is 2.38. The number of benzene rings is 2. The van der Waals surface area contributed by atoms with Crippen LogP contribution >= 0.6 is 22.6 Å². The summed E-state index contributed by atoms with van der Waals surface area (Å²) in [5, 5.41) is 1.04. The molecule has 1 N–H and O–H groups in total. The molecule has 1 heterocycles. The number of aromatic amines is 1. The van der Waals surface area contributed by atoms with Crippen LogP contribution in [0, 0.1) is 3.57 Å². The zero-order valence-electron chi connectivity index (χ0n) is 10.6. The number of esters is 1. The standard InChI is InChI=1S/C16H12INO2/c17-14-9-18-15-12(14)7-4-8-13(15)16(19)20-10-11-5-2-1-3-6-11/h1-9,18H,10H2. The van der Waals surface area contributed by atoms with Crippen LogP contribution in [0.2, 0.25) is 0 Å². The van der Waals surface area contributed by atoms with Gasteiger partial charge in [0.2, 0.25) is 0 Å². The Hall–Kier alpha value is -1.82. The first-order valence-corrected chi connectivity index (χ1v) is 7.30. The number of hydrogen-bond acceptors (Lipinski definition) is 2. The Bertz CT molecular complexity index is 750. The van der Waals surface area contributed by atoms with E-state index in [1.165, 1.54) is 0 Å². The van der Waals surface area contributed by atoms with Gasteiger partial charge in [-0.05, 0) is 34.2 Å². The van der Waals surface area contributed by atoms with Crippen LogP contribution in [-0.4, -0.2) is 11.0 Å². The molecule has 20 heavy (non-hydrogen) atoms. The van der Waals surface area contributed by atoms with Crippen LogP contribution < -0.4 is 0 Å². The Labute approximate surface area is 130 Å². The number of halogens is 1. The van der Waals surface area contributed by atoms with Crippen LogP contribution in [0.25, 0.3) is 10.9 Å². The van der Waals surface area contributed by atoms with E-state index < -0.39 is 0 Å². The number of ether oxygens (including phenoxy) is 1. The molecule has 0 atom stereocenters. The van der Waals surface area contributed by atoms with E-state index in [1.54, 1.807) is 6.07 Å². The number of carbonyl (C=O) groups excluding carboxylic acids is 1. The molecule has 0 amide bonds. The minimum absolute atomic E-state index is 0.286. The van der Waals surface area contributed by atoms with Crippen molar-refractivity contribution in [2.45, 2.75) is 6.61 Å². The van der Waals surface area contributed by atoms with E-state index in [1.807, 2.05) is 48.7 Å². The lowest BCUT2D eigenvalue weighted by Gasteiger charge is -2.06. The molecule has 0 bridgehead atoms. The number of para-hydroxylation sites is 1. The summed E-state index contributed by atoms with van der Waals surface area (Å²) in [6.07, 6.45) is 1.89. The van der Waals surface area contributed by atoms with Gasteiger partial charge in [0.25, 0.3) is 0 Å². The highest BCUT2D eigenvalue weighted by molar-refractivity contribution is 14.1. The lowest BCUT2D eigenvalue weighted by molar-refractivity contribution is 0.0475. The number of nitrogens with one attached hydrogen (secondary N) is 1. The fourth-order valence-electron chi connectivity index (χ4n) is 2.09. The molecule has 0 saturated carbocycles. The Kier molecular flexibility index (Phi) is 3.73. The Balaban J connectivity index is 1.82. The van der Waals surface area contributed by atoms with E-state index in [9.17, 15) is 4.79 Å². The van der Waals surface area contributed by atoms with Crippen LogP contribution in [0.4, 0.5) is 0 Å². The predicted molar refractivity (Wildman–Crippen MR) is 86.6 cm³/mol. The molecule has 100 valence electrons. The van der Waals surface area contributed by atoms with Gasteiger partial charge in [-0.25, -0.2) is 4.79 Å². The van der Waals surface area contributed by atoms with Gasteiger partial charge in [0, 0.05) is 15.2 Å². The normalized spacial score (nSPS) is 10.7. The van der Waals surface area contributed by atoms with Gasteiger partial charge >= 0.3 is 5.97 Å². The lowest BCUT2D eigenvalue weighted by atomic mass is 10.1. The third-order valence-corrected chi connectivity index (χ3v) is 3.99. The monoisotopic (exact) mass is 377 g/mol. The van der Waals surface area contributed by atoms with Gasteiger partial charge in [0.1, 0.15) is 6.61 Å². The van der Waals surface area contributed by atoms with Crippen molar-refractivity contribution in [2.24, 2.45) is 0 Å². The van der Waals surface area contributed by atoms with Crippen molar-refractivity contribution >= 4 is 39.5 Å². The third-order valence-electron chi connectivity index (χ3n) is 3.10. The van der Waals surface area contributed by atoms with Gasteiger partial charge in [0.05, 0.1) is 11.1 Å². The van der Waals surface area contributed by atoms with Crippen molar-refractivity contribution in [1.82, 2.24) is 4.98 Å². The van der Waals surface area contributed by atoms with Gasteiger partial charge in [-0.1, -0.05) is 42.5 Å². The van der Waals surface area contributed by atoms with Crippen molar-refractivity contribution in [3.63, 3.8) is 0 Å². The topological polar surface area (TPSA) is 42.1 Å². The highest BCUT2D eigenvalue weighted by atomic mass is 127. The molecule has 0 radical (unpaired) electrons. The Morgan fingerprint density at radius 1 is 1.10 bits per heavy atom. The number of H-pyrrole nitrogens is 1. The molecule has 0 aliphatic carbocycles. The fraction of sp³-hybridized carbons (Fsp3) is 0.0625. The Morgan fingerprint density at radius 3 is 2.70 bits per heavy atom. The summed E-state index contributed by atoms with van der Waals surface area (Å²) >= 11 is 2.24. The summed E-state index contributed by atoms with van der Waals surface area (Å²) in [4.78, 5) is 15.3. The van der Waals surface area contributed by atoms with E-state index in [4.69, 9.17) is 4.74 Å². The van der Waals surface area contributed by atoms with Crippen LogP contribution in [0.3, 0.4) is 0 Å². The SMILES string of the molecule is O=C(OCc1ccccc1)c1cccc2c(I)c[nH]c12. The average molecular weight is 377 g/mol. The van der Waals surface area contributed by atoms with Crippen LogP contribution in [-0.2, 0) is 11.3 Å². The molecule has 1 aromatic heterocycles. The third kappa shape index (κ3) is 2.56. The molecule has 4 heteroatoms. The van der Waals surface area contributed by atoms with Crippen molar-refractivity contribution in [2.75, 3.05) is 0 Å². The van der Waals surface area contributed by atoms with Crippen molar-refractivity contribution in [1.29, 1.82) is 0 Å². The van der Waals surface area contributed by atoms with Crippen molar-refractivity contribution in [3.8, 4) is 0 Å². The van der Waals surface area contributed by atoms with Crippen LogP contribution in [0.15, 0.2) is 54.7 Å². The van der Waals surface area contributed by atoms with Gasteiger partial charge in [0.15, 0.2) is 0 Å². The number of aromatic nitrogens is 1. The number of hydrogen-bond donors (Lipinski definition) is 1. The smallest absolute Gasteiger partial charge is 0.340 e. The largest absolute Gasteiger partial charge is 0.457 e. The van der Waals surface area contributed by atoms with E-state index in [-0.39, 0.29) is 12.6 Å². The minimum Gasteiger partial charge on any atom is -0.457 e. The summed E-state index contributed by atoms with van der Waals surface area (Å²) in [6, 6.07) is 15.3. The summed E-state index contributed by atoms with van der Waals surface area (Å²) in [7, 11) is 0. The molecule has 0 fully saturated rings. The second kappa shape index (κ2) is 5.66. The van der Waals surface area contributed by atoms with Crippen molar-refractivity contribution < 1.29 is 9.53 Å². The molecule has 3 nitrogen and oxygen atoms in total. The van der Waals surface area contributed by atoms with Gasteiger partial charge in [-0.3, -0.25) is 0 Å². The maximum absolute atomic E-state index is 12.2. The van der Waals surface area contributed by atoms with Crippen LogP contribution in [0.5, 0.6) is 0 Å². The second-order valence-corrected chi connectivity index (χ2v) is 5.59. The molecule has 0 unspecified atom stereocenters. The predicted octanol–water partition coefficient (Wildman–Crippen LogP) is 4.13. The number of carbonyl (C=O) groups is 1. The quantitative estimate of drug-likeness (QED) is 0.551. The first-order chi connectivity index (χ1) is 9.75. The zero-order valence-corrected chi connectivity index (χ0v) is 12.8. The first kappa shape index (κ1) is 13.2. The molecule has 0 spiro atoms. The summed E-state index contributed by atoms with van der Waals surface area (Å²) in [5.74, 6) is -0.308. The average Bonchev–Trinajstić information content (AvgIpc) is 2.87. The van der Waals surface area contributed by atoms with E-state index in [0.717, 1.165) is 20.0 Å². The number of rotatable bonds is 3. The maximum atomic E-state index is 12.2. The molecule has 0 aliphatic heterocycles. The number of fused-ring (bicyclic) bond motifs is 1. The molecule has 3 rings (SSSR count). The molecule has 0 saturated heterocycles. The zero-order chi connectivity index (χ0) is 13.9. The van der Waals surface area contributed by atoms with E-state index >= 15 is 0 Å².